The first-order valence-electron chi connectivity index (χ1n) is 9.66. The molecule has 1 heterocycles. The number of amides is 2. The fourth-order valence-corrected chi connectivity index (χ4v) is 4.41. The Kier molecular flexibility index (Phi) is 4.94. The lowest BCUT2D eigenvalue weighted by molar-refractivity contribution is -0.128. The Morgan fingerprint density at radius 1 is 0.963 bits per heavy atom. The van der Waals surface area contributed by atoms with Crippen molar-refractivity contribution in [3.05, 3.63) is 60.2 Å². The lowest BCUT2D eigenvalue weighted by atomic mass is 9.67. The van der Waals surface area contributed by atoms with Gasteiger partial charge < -0.3 is 16.0 Å². The van der Waals surface area contributed by atoms with Gasteiger partial charge in [-0.15, -0.1) is 0 Å². The summed E-state index contributed by atoms with van der Waals surface area (Å²) in [5.41, 5.74) is 1.70. The molecule has 140 valence electrons. The van der Waals surface area contributed by atoms with Crippen molar-refractivity contribution in [2.24, 2.45) is 11.3 Å². The molecule has 5 heteroatoms. The molecule has 2 aromatic rings. The number of nitrogens with one attached hydrogen (secondary N) is 3. The van der Waals surface area contributed by atoms with E-state index in [9.17, 15) is 9.59 Å². The van der Waals surface area contributed by atoms with Gasteiger partial charge in [-0.3, -0.25) is 9.59 Å². The molecule has 5 nitrogen and oxygen atoms in total. The van der Waals surface area contributed by atoms with Gasteiger partial charge in [-0.2, -0.15) is 0 Å². The summed E-state index contributed by atoms with van der Waals surface area (Å²) >= 11 is 0. The van der Waals surface area contributed by atoms with Gasteiger partial charge in [0.05, 0.1) is 5.41 Å². The van der Waals surface area contributed by atoms with Crippen molar-refractivity contribution in [1.82, 2.24) is 5.32 Å². The van der Waals surface area contributed by atoms with E-state index in [0.717, 1.165) is 38.0 Å². The number of benzene rings is 2. The van der Waals surface area contributed by atoms with Crippen molar-refractivity contribution in [2.45, 2.75) is 25.7 Å². The molecule has 27 heavy (non-hydrogen) atoms. The Bertz CT molecular complexity index is 836. The molecule has 0 unspecified atom stereocenters. The third-order valence-electron chi connectivity index (χ3n) is 5.90. The molecule has 0 bridgehead atoms. The first kappa shape index (κ1) is 17.7. The summed E-state index contributed by atoms with van der Waals surface area (Å²) in [6.45, 7) is 1.69. The number of hydrogen-bond acceptors (Lipinski definition) is 3. The Morgan fingerprint density at radius 2 is 1.74 bits per heavy atom. The zero-order chi connectivity index (χ0) is 18.7. The van der Waals surface area contributed by atoms with Gasteiger partial charge in [0.2, 0.25) is 5.91 Å². The van der Waals surface area contributed by atoms with Crippen LogP contribution < -0.4 is 16.0 Å². The maximum atomic E-state index is 13.1. The van der Waals surface area contributed by atoms with Crippen molar-refractivity contribution < 1.29 is 9.59 Å². The molecule has 2 aliphatic rings. The first-order valence-corrected chi connectivity index (χ1v) is 9.66. The van der Waals surface area contributed by atoms with Crippen molar-refractivity contribution in [2.75, 3.05) is 23.7 Å². The van der Waals surface area contributed by atoms with E-state index in [1.807, 2.05) is 42.5 Å². The normalized spacial score (nSPS) is 24.1. The predicted octanol–water partition coefficient (Wildman–Crippen LogP) is 3.66. The minimum absolute atomic E-state index is 0.101. The van der Waals surface area contributed by atoms with E-state index in [0.29, 0.717) is 17.2 Å². The van der Waals surface area contributed by atoms with Crippen LogP contribution in [0.1, 0.15) is 36.0 Å². The van der Waals surface area contributed by atoms with Gasteiger partial charge in [0, 0.05) is 23.5 Å². The van der Waals surface area contributed by atoms with Gasteiger partial charge in [-0.05, 0) is 55.6 Å². The van der Waals surface area contributed by atoms with Gasteiger partial charge in [0.1, 0.15) is 0 Å². The molecule has 3 N–H and O–H groups in total. The fourth-order valence-electron chi connectivity index (χ4n) is 4.41. The summed E-state index contributed by atoms with van der Waals surface area (Å²) in [5.74, 6) is 0.362. The lowest BCUT2D eigenvalue weighted by Crippen LogP contribution is -2.44. The minimum Gasteiger partial charge on any atom is -0.325 e. The van der Waals surface area contributed by atoms with Crippen LogP contribution >= 0.6 is 0 Å². The van der Waals surface area contributed by atoms with Crippen LogP contribution in [-0.4, -0.2) is 24.9 Å². The Balaban J connectivity index is 1.46. The fraction of sp³-hybridized carbons (Fsp3) is 0.364. The van der Waals surface area contributed by atoms with Crippen LogP contribution in [0.5, 0.6) is 0 Å². The number of carbonyl (C=O) groups is 2. The molecule has 1 aliphatic heterocycles. The highest BCUT2D eigenvalue weighted by molar-refractivity contribution is 6.04. The third-order valence-corrected chi connectivity index (χ3v) is 5.90. The topological polar surface area (TPSA) is 70.2 Å². The second kappa shape index (κ2) is 7.53. The highest BCUT2D eigenvalue weighted by Crippen LogP contribution is 2.44. The molecule has 0 radical (unpaired) electrons. The quantitative estimate of drug-likeness (QED) is 0.776. The van der Waals surface area contributed by atoms with E-state index in [-0.39, 0.29) is 17.2 Å². The van der Waals surface area contributed by atoms with Gasteiger partial charge in [0.25, 0.3) is 5.91 Å². The maximum Gasteiger partial charge on any atom is 0.255 e. The number of carbonyl (C=O) groups excluding carboxylic acids is 2. The first-order chi connectivity index (χ1) is 13.2. The van der Waals surface area contributed by atoms with Crippen LogP contribution in [-0.2, 0) is 4.79 Å². The largest absolute Gasteiger partial charge is 0.325 e. The smallest absolute Gasteiger partial charge is 0.255 e. The Morgan fingerprint density at radius 3 is 2.56 bits per heavy atom. The molecule has 4 rings (SSSR count). The van der Waals surface area contributed by atoms with Gasteiger partial charge in [-0.1, -0.05) is 37.1 Å². The molecule has 0 aromatic heterocycles. The van der Waals surface area contributed by atoms with Crippen molar-refractivity contribution >= 4 is 23.2 Å². The van der Waals surface area contributed by atoms with Gasteiger partial charge in [-0.25, -0.2) is 0 Å². The van der Waals surface area contributed by atoms with Crippen LogP contribution in [0.2, 0.25) is 0 Å². The summed E-state index contributed by atoms with van der Waals surface area (Å²) in [6, 6.07) is 16.5. The zero-order valence-corrected chi connectivity index (χ0v) is 15.3. The number of anilines is 2. The lowest BCUT2D eigenvalue weighted by Gasteiger charge is -2.37. The van der Waals surface area contributed by atoms with Crippen molar-refractivity contribution in [3.8, 4) is 0 Å². The van der Waals surface area contributed by atoms with Crippen LogP contribution in [0.15, 0.2) is 54.6 Å². The van der Waals surface area contributed by atoms with Gasteiger partial charge >= 0.3 is 0 Å². The van der Waals surface area contributed by atoms with Crippen LogP contribution in [0.25, 0.3) is 0 Å². The summed E-state index contributed by atoms with van der Waals surface area (Å²) < 4.78 is 0. The third kappa shape index (κ3) is 3.60. The maximum absolute atomic E-state index is 13.1. The summed E-state index contributed by atoms with van der Waals surface area (Å²) in [4.78, 5) is 25.4. The monoisotopic (exact) mass is 363 g/mol. The molecule has 2 fully saturated rings. The molecule has 2 atom stereocenters. The summed E-state index contributed by atoms with van der Waals surface area (Å²) in [7, 11) is 0. The molecule has 1 saturated carbocycles. The van der Waals surface area contributed by atoms with E-state index in [4.69, 9.17) is 0 Å². The van der Waals surface area contributed by atoms with E-state index >= 15 is 0 Å². The molecule has 2 amide bonds. The van der Waals surface area contributed by atoms with Crippen molar-refractivity contribution in [3.63, 3.8) is 0 Å². The zero-order valence-electron chi connectivity index (χ0n) is 15.3. The summed E-state index contributed by atoms with van der Waals surface area (Å²) in [5, 5.41) is 9.40. The van der Waals surface area contributed by atoms with Crippen molar-refractivity contribution in [1.29, 1.82) is 0 Å². The average Bonchev–Trinajstić information content (AvgIpc) is 3.14. The standard InChI is InChI=1S/C22H25N3O2/c26-20(16-7-2-1-3-8-16)24-18-10-6-11-19(13-18)25-21(27)22-12-5-4-9-17(22)14-23-15-22/h1-3,6-8,10-11,13,17,23H,4-5,9,12,14-15H2,(H,24,26)(H,25,27)/t17-,22+/m0/s1. The summed E-state index contributed by atoms with van der Waals surface area (Å²) in [6.07, 6.45) is 4.38. The van der Waals surface area contributed by atoms with E-state index in [1.54, 1.807) is 12.1 Å². The number of hydrogen-bond donors (Lipinski definition) is 3. The molecular weight excluding hydrogens is 338 g/mol. The van der Waals surface area contributed by atoms with Crippen LogP contribution in [0.3, 0.4) is 0 Å². The van der Waals surface area contributed by atoms with Gasteiger partial charge in [0.15, 0.2) is 0 Å². The highest BCUT2D eigenvalue weighted by Gasteiger charge is 2.49. The van der Waals surface area contributed by atoms with E-state index in [1.165, 1.54) is 6.42 Å². The molecule has 0 spiro atoms. The average molecular weight is 363 g/mol. The van der Waals surface area contributed by atoms with E-state index in [2.05, 4.69) is 16.0 Å². The molecule has 1 saturated heterocycles. The SMILES string of the molecule is O=C(Nc1cccc(NC(=O)[C@@]23CCCC[C@H]2CNC3)c1)c1ccccc1. The minimum atomic E-state index is -0.290. The Labute approximate surface area is 159 Å². The second-order valence-corrected chi connectivity index (χ2v) is 7.58. The van der Waals surface area contributed by atoms with Crippen LogP contribution in [0.4, 0.5) is 11.4 Å². The van der Waals surface area contributed by atoms with E-state index < -0.39 is 0 Å². The Hall–Kier alpha value is -2.66. The molecule has 1 aliphatic carbocycles. The molecule has 2 aromatic carbocycles. The highest BCUT2D eigenvalue weighted by atomic mass is 16.2. The van der Waals surface area contributed by atoms with Crippen LogP contribution in [0, 0.1) is 11.3 Å². The predicted molar refractivity (Wildman–Crippen MR) is 107 cm³/mol. The number of rotatable bonds is 4. The number of fused-ring (bicyclic) bond motifs is 1. The molecular formula is C22H25N3O2. The second-order valence-electron chi connectivity index (χ2n) is 7.58.